The number of hydrogen-bond donors (Lipinski definition) is 0. The molecule has 0 N–H and O–H groups in total. The van der Waals surface area contributed by atoms with Crippen molar-refractivity contribution in [3.63, 3.8) is 0 Å². The molecule has 0 aliphatic heterocycles. The number of rotatable bonds is 6. The molecule has 4 rings (SSSR count). The van der Waals surface area contributed by atoms with Crippen LogP contribution in [0.1, 0.15) is 101 Å². The number of halogens is 1. The van der Waals surface area contributed by atoms with E-state index in [9.17, 15) is 0 Å². The number of imidazole rings is 1. The molecule has 2 aromatic heterocycles. The minimum atomic E-state index is 0.309. The summed E-state index contributed by atoms with van der Waals surface area (Å²) in [7, 11) is 0. The predicted octanol–water partition coefficient (Wildman–Crippen LogP) is 7.76. The molecule has 0 amide bonds. The Balaban J connectivity index is 2.27. The molecule has 184 valence electrons. The van der Waals surface area contributed by atoms with Crippen molar-refractivity contribution >= 4 is 23.1 Å². The summed E-state index contributed by atoms with van der Waals surface area (Å²) >= 11 is 6.46. The first-order valence-electron chi connectivity index (χ1n) is 12.5. The van der Waals surface area contributed by atoms with Crippen LogP contribution in [0.25, 0.3) is 22.7 Å². The van der Waals surface area contributed by atoms with E-state index in [0.29, 0.717) is 29.3 Å². The van der Waals surface area contributed by atoms with Crippen molar-refractivity contribution in [1.29, 1.82) is 0 Å². The molecule has 35 heavy (non-hydrogen) atoms. The van der Waals surface area contributed by atoms with Crippen LogP contribution in [-0.2, 0) is 0 Å². The van der Waals surface area contributed by atoms with Gasteiger partial charge in [0, 0.05) is 24.2 Å². The summed E-state index contributed by atoms with van der Waals surface area (Å²) in [5, 5.41) is 0. The van der Waals surface area contributed by atoms with E-state index in [1.165, 1.54) is 22.3 Å². The van der Waals surface area contributed by atoms with Gasteiger partial charge in [0.25, 0.3) is 0 Å². The summed E-state index contributed by atoms with van der Waals surface area (Å²) in [6.45, 7) is 17.8. The molecule has 0 unspecified atom stereocenters. The van der Waals surface area contributed by atoms with E-state index < -0.39 is 0 Å². The minimum Gasteiger partial charge on any atom is -0.259 e. The topological polar surface area (TPSA) is 48.0 Å². The lowest BCUT2D eigenvalue weighted by molar-refractivity contribution is 0.770. The maximum absolute atomic E-state index is 6.46. The molecule has 2 heterocycles. The van der Waals surface area contributed by atoms with Gasteiger partial charge >= 0.3 is 0 Å². The highest BCUT2D eigenvalue weighted by molar-refractivity contribution is 6.14. The van der Waals surface area contributed by atoms with Gasteiger partial charge in [-0.1, -0.05) is 91.8 Å². The van der Waals surface area contributed by atoms with Gasteiger partial charge in [-0.05, 0) is 45.9 Å². The largest absolute Gasteiger partial charge is 0.259 e. The smallest absolute Gasteiger partial charge is 0.235 e. The maximum atomic E-state index is 6.46. The predicted molar refractivity (Wildman–Crippen MR) is 146 cm³/mol. The Morgan fingerprint density at radius 1 is 0.600 bits per heavy atom. The zero-order valence-corrected chi connectivity index (χ0v) is 22.8. The van der Waals surface area contributed by atoms with Gasteiger partial charge in [-0.3, -0.25) is 9.13 Å². The SMILES string of the molecule is CC(C)c1cccc(C(C)C)c1-n1c(=NCl)n(-c2c(C(C)C)cccc2C(C)C)c2nccnc21. The van der Waals surface area contributed by atoms with Crippen molar-refractivity contribution < 1.29 is 0 Å². The van der Waals surface area contributed by atoms with Gasteiger partial charge in [0.1, 0.15) is 0 Å². The fourth-order valence-corrected chi connectivity index (χ4v) is 5.11. The van der Waals surface area contributed by atoms with E-state index in [2.05, 4.69) is 105 Å². The number of aromatic nitrogens is 4. The molecular weight excluding hydrogens is 454 g/mol. The van der Waals surface area contributed by atoms with Gasteiger partial charge in [-0.2, -0.15) is 0 Å². The van der Waals surface area contributed by atoms with Crippen molar-refractivity contribution in [3.05, 3.63) is 76.7 Å². The van der Waals surface area contributed by atoms with Gasteiger partial charge in [-0.15, -0.1) is 4.51 Å². The zero-order valence-electron chi connectivity index (χ0n) is 22.0. The molecule has 0 aliphatic rings. The number of hydrogen-bond acceptors (Lipinski definition) is 3. The standard InChI is InChI=1S/C29H36ClN5/c1-17(2)21-11-9-12-22(18(3)4)25(21)34-27-28(32-16-15-31-27)35(29(34)33-30)26-23(19(5)6)13-10-14-24(26)20(7)8/h9-20H,1-8H3. The van der Waals surface area contributed by atoms with Crippen molar-refractivity contribution in [2.75, 3.05) is 0 Å². The minimum absolute atomic E-state index is 0.309. The Bertz CT molecular complexity index is 1270. The summed E-state index contributed by atoms with van der Waals surface area (Å²) < 4.78 is 8.61. The highest BCUT2D eigenvalue weighted by atomic mass is 35.5. The third kappa shape index (κ3) is 4.31. The van der Waals surface area contributed by atoms with Crippen LogP contribution in [0.2, 0.25) is 0 Å². The molecule has 0 saturated carbocycles. The number of fused-ring (bicyclic) bond motifs is 1. The van der Waals surface area contributed by atoms with Gasteiger partial charge in [0.05, 0.1) is 11.4 Å². The molecule has 0 atom stereocenters. The van der Waals surface area contributed by atoms with E-state index in [0.717, 1.165) is 22.7 Å². The molecule has 0 fully saturated rings. The van der Waals surface area contributed by atoms with Crippen molar-refractivity contribution in [3.8, 4) is 11.4 Å². The van der Waals surface area contributed by atoms with Crippen molar-refractivity contribution in [2.24, 2.45) is 4.51 Å². The Hall–Kier alpha value is -2.92. The normalized spacial score (nSPS) is 12.0. The summed E-state index contributed by atoms with van der Waals surface area (Å²) in [5.74, 6) is 1.24. The van der Waals surface area contributed by atoms with Crippen LogP contribution in [-0.4, -0.2) is 19.1 Å². The van der Waals surface area contributed by atoms with Crippen LogP contribution in [0.4, 0.5) is 0 Å². The molecular formula is C29H36ClN5. The summed E-state index contributed by atoms with van der Waals surface area (Å²) in [6, 6.07) is 13.1. The van der Waals surface area contributed by atoms with Crippen LogP contribution in [0.15, 0.2) is 53.3 Å². The molecule has 0 spiro atoms. The second-order valence-corrected chi connectivity index (χ2v) is 10.6. The summed E-state index contributed by atoms with van der Waals surface area (Å²) in [6.07, 6.45) is 3.48. The highest BCUT2D eigenvalue weighted by Gasteiger charge is 2.26. The number of nitrogens with zero attached hydrogens (tertiary/aromatic N) is 5. The number of benzene rings is 2. The quantitative estimate of drug-likeness (QED) is 0.278. The molecule has 0 saturated heterocycles. The van der Waals surface area contributed by atoms with E-state index in [1.807, 2.05) is 0 Å². The van der Waals surface area contributed by atoms with Crippen LogP contribution in [0.5, 0.6) is 0 Å². The average Bonchev–Trinajstić information content (AvgIpc) is 3.16. The zero-order chi connectivity index (χ0) is 25.4. The third-order valence-electron chi connectivity index (χ3n) is 6.69. The second kappa shape index (κ2) is 9.98. The Kier molecular flexibility index (Phi) is 7.18. The van der Waals surface area contributed by atoms with Gasteiger partial charge in [0.15, 0.2) is 11.3 Å². The summed E-state index contributed by atoms with van der Waals surface area (Å²) in [4.78, 5) is 9.65. The average molecular weight is 490 g/mol. The Morgan fingerprint density at radius 3 is 1.17 bits per heavy atom. The first kappa shape index (κ1) is 25.2. The molecule has 0 aliphatic carbocycles. The monoisotopic (exact) mass is 489 g/mol. The first-order valence-corrected chi connectivity index (χ1v) is 12.9. The van der Waals surface area contributed by atoms with E-state index in [1.54, 1.807) is 12.4 Å². The maximum Gasteiger partial charge on any atom is 0.235 e. The van der Waals surface area contributed by atoms with Gasteiger partial charge in [-0.25, -0.2) is 9.97 Å². The van der Waals surface area contributed by atoms with Crippen LogP contribution in [0, 0.1) is 0 Å². The van der Waals surface area contributed by atoms with Crippen LogP contribution < -0.4 is 5.62 Å². The lowest BCUT2D eigenvalue weighted by Gasteiger charge is -2.22. The Labute approximate surface area is 213 Å². The molecule has 5 nitrogen and oxygen atoms in total. The van der Waals surface area contributed by atoms with Gasteiger partial charge in [0.2, 0.25) is 5.62 Å². The molecule has 0 radical (unpaired) electrons. The van der Waals surface area contributed by atoms with E-state index in [4.69, 9.17) is 21.7 Å². The fourth-order valence-electron chi connectivity index (χ4n) is 4.96. The first-order chi connectivity index (χ1) is 16.7. The van der Waals surface area contributed by atoms with Crippen molar-refractivity contribution in [2.45, 2.75) is 79.1 Å². The lowest BCUT2D eigenvalue weighted by Crippen LogP contribution is -2.27. The highest BCUT2D eigenvalue weighted by Crippen LogP contribution is 2.35. The van der Waals surface area contributed by atoms with Crippen LogP contribution >= 0.6 is 11.8 Å². The summed E-state index contributed by atoms with van der Waals surface area (Å²) in [5.41, 5.74) is 9.21. The van der Waals surface area contributed by atoms with Gasteiger partial charge < -0.3 is 0 Å². The molecule has 0 bridgehead atoms. The number of para-hydroxylation sites is 2. The van der Waals surface area contributed by atoms with Crippen molar-refractivity contribution in [1.82, 2.24) is 19.1 Å². The second-order valence-electron chi connectivity index (χ2n) is 10.4. The molecule has 6 heteroatoms. The Morgan fingerprint density at radius 2 is 0.914 bits per heavy atom. The van der Waals surface area contributed by atoms with E-state index >= 15 is 0 Å². The van der Waals surface area contributed by atoms with Crippen LogP contribution in [0.3, 0.4) is 0 Å². The third-order valence-corrected chi connectivity index (χ3v) is 6.84. The fraction of sp³-hybridized carbons (Fsp3) is 0.414. The molecule has 2 aromatic carbocycles. The lowest BCUT2D eigenvalue weighted by atomic mass is 9.92. The molecule has 4 aromatic rings. The van der Waals surface area contributed by atoms with E-state index in [-0.39, 0.29) is 0 Å².